The first-order valence-electron chi connectivity index (χ1n) is 8.83. The molecule has 1 saturated heterocycles. The number of carboxylic acid groups (broad SMARTS) is 1. The van der Waals surface area contributed by atoms with Gasteiger partial charge < -0.3 is 25.4 Å². The maximum Gasteiger partial charge on any atom is 0.373 e. The molecule has 2 aliphatic carbocycles. The van der Waals surface area contributed by atoms with Crippen LogP contribution in [0.4, 0.5) is 20.2 Å². The topological polar surface area (TPSA) is 79.0 Å². The van der Waals surface area contributed by atoms with Crippen molar-refractivity contribution in [1.29, 1.82) is 0 Å². The molecule has 2 unspecified atom stereocenters. The smallest absolute Gasteiger partial charge is 0.373 e. The fourth-order valence-corrected chi connectivity index (χ4v) is 4.20. The summed E-state index contributed by atoms with van der Waals surface area (Å²) in [6.07, 6.45) is 4.68. The molecule has 4 aliphatic rings. The van der Waals surface area contributed by atoms with Crippen LogP contribution >= 0.6 is 0 Å². The Morgan fingerprint density at radius 1 is 1.35 bits per heavy atom. The third-order valence-electron chi connectivity index (χ3n) is 5.97. The number of carbonyl (C=O) groups is 1. The summed E-state index contributed by atoms with van der Waals surface area (Å²) in [5, 5.41) is 9.21. The number of ether oxygens (including phenoxy) is 1. The lowest BCUT2D eigenvalue weighted by molar-refractivity contribution is -0.135. The monoisotopic (exact) mass is 363 g/mol. The first kappa shape index (κ1) is 15.9. The molecule has 3 N–H and O–H groups in total. The first-order valence-corrected chi connectivity index (χ1v) is 8.83. The maximum absolute atomic E-state index is 15.4. The summed E-state index contributed by atoms with van der Waals surface area (Å²) in [5.74, 6) is -3.13. The lowest BCUT2D eigenvalue weighted by Gasteiger charge is -2.31. The van der Waals surface area contributed by atoms with E-state index in [0.717, 1.165) is 31.7 Å². The van der Waals surface area contributed by atoms with Crippen LogP contribution in [0.5, 0.6) is 5.75 Å². The Labute approximate surface area is 148 Å². The summed E-state index contributed by atoms with van der Waals surface area (Å²) in [7, 11) is 0. The second kappa shape index (κ2) is 5.09. The Hall–Kier alpha value is -2.35. The van der Waals surface area contributed by atoms with E-state index >= 15 is 4.39 Å². The summed E-state index contributed by atoms with van der Waals surface area (Å²) in [5.41, 5.74) is 6.03. The molecule has 3 fully saturated rings. The molecule has 0 amide bonds. The molecular weight excluding hydrogens is 344 g/mol. The Balaban J connectivity index is 1.57. The van der Waals surface area contributed by atoms with E-state index in [1.165, 1.54) is 6.20 Å². The molecule has 2 heterocycles. The Morgan fingerprint density at radius 2 is 2.08 bits per heavy atom. The summed E-state index contributed by atoms with van der Waals surface area (Å²) in [6, 6.07) is 1.21. The summed E-state index contributed by atoms with van der Waals surface area (Å²) in [6.45, 7) is 1.10. The largest absolute Gasteiger partial charge is 0.475 e. The van der Waals surface area contributed by atoms with Crippen molar-refractivity contribution in [1.82, 2.24) is 0 Å². The Bertz CT molecular complexity index is 855. The van der Waals surface area contributed by atoms with E-state index in [4.69, 9.17) is 10.5 Å². The number of nitrogens with zero attached hydrogens (tertiary/aromatic N) is 2. The maximum atomic E-state index is 15.4. The average Bonchev–Trinajstić information content (AvgIpc) is 3.47. The van der Waals surface area contributed by atoms with Gasteiger partial charge in [-0.3, -0.25) is 0 Å². The zero-order chi connectivity index (χ0) is 18.2. The van der Waals surface area contributed by atoms with Gasteiger partial charge in [0, 0.05) is 36.7 Å². The summed E-state index contributed by atoms with van der Waals surface area (Å²) >= 11 is 0. The fourth-order valence-electron chi connectivity index (χ4n) is 4.20. The molecule has 0 radical (unpaired) electrons. The van der Waals surface area contributed by atoms with Gasteiger partial charge in [0.2, 0.25) is 5.76 Å². The van der Waals surface area contributed by atoms with Crippen LogP contribution in [0.1, 0.15) is 25.7 Å². The third kappa shape index (κ3) is 2.21. The normalized spacial score (nSPS) is 29.5. The highest BCUT2D eigenvalue weighted by Crippen LogP contribution is 2.54. The van der Waals surface area contributed by atoms with Crippen molar-refractivity contribution < 1.29 is 23.4 Å². The minimum atomic E-state index is -1.27. The molecular formula is C18H19F2N3O3. The van der Waals surface area contributed by atoms with Gasteiger partial charge in [-0.25, -0.2) is 13.6 Å². The molecule has 2 aliphatic heterocycles. The van der Waals surface area contributed by atoms with Gasteiger partial charge in [-0.2, -0.15) is 0 Å². The molecule has 138 valence electrons. The first-order chi connectivity index (χ1) is 12.4. The van der Waals surface area contributed by atoms with Crippen LogP contribution in [0.15, 0.2) is 18.0 Å². The van der Waals surface area contributed by atoms with Gasteiger partial charge >= 0.3 is 5.97 Å². The highest BCUT2D eigenvalue weighted by atomic mass is 19.1. The highest BCUT2D eigenvalue weighted by molar-refractivity contribution is 5.88. The van der Waals surface area contributed by atoms with Crippen LogP contribution in [0.25, 0.3) is 0 Å². The van der Waals surface area contributed by atoms with Gasteiger partial charge in [0.25, 0.3) is 0 Å². The lowest BCUT2D eigenvalue weighted by atomic mass is 10.1. The fraction of sp³-hybridized carbons (Fsp3) is 0.500. The van der Waals surface area contributed by atoms with E-state index in [2.05, 4.69) is 0 Å². The van der Waals surface area contributed by atoms with Gasteiger partial charge in [0.15, 0.2) is 17.4 Å². The van der Waals surface area contributed by atoms with E-state index in [1.807, 2.05) is 0 Å². The number of anilines is 2. The predicted octanol–water partition coefficient (Wildman–Crippen LogP) is 2.18. The number of carboxylic acids is 1. The van der Waals surface area contributed by atoms with Gasteiger partial charge in [-0.15, -0.1) is 0 Å². The second-order valence-electron chi connectivity index (χ2n) is 7.75. The molecule has 2 saturated carbocycles. The standard InChI is InChI=1S/C18H19F2N3O3/c19-10-5-11-16(23(9-1-2-9)7-12(26-11)17(24)25)14(20)15(10)22-4-3-18(8-22)6-13(18)21/h5,7,9,13H,1-4,6,8,21H2,(H,24,25). The zero-order valence-corrected chi connectivity index (χ0v) is 14.0. The van der Waals surface area contributed by atoms with E-state index in [1.54, 1.807) is 9.80 Å². The number of hydrogen-bond acceptors (Lipinski definition) is 5. The number of benzene rings is 1. The van der Waals surface area contributed by atoms with Gasteiger partial charge in [-0.1, -0.05) is 0 Å². The van der Waals surface area contributed by atoms with Crippen molar-refractivity contribution in [3.63, 3.8) is 0 Å². The number of nitrogens with two attached hydrogens (primary N) is 1. The summed E-state index contributed by atoms with van der Waals surface area (Å²) in [4.78, 5) is 14.6. The Morgan fingerprint density at radius 3 is 2.65 bits per heavy atom. The van der Waals surface area contributed by atoms with E-state index in [-0.39, 0.29) is 40.4 Å². The van der Waals surface area contributed by atoms with Crippen LogP contribution in [0, 0.1) is 17.0 Å². The van der Waals surface area contributed by atoms with Crippen LogP contribution in [0.2, 0.25) is 0 Å². The molecule has 5 rings (SSSR count). The van der Waals surface area contributed by atoms with Gasteiger partial charge in [0.1, 0.15) is 11.4 Å². The minimum Gasteiger partial charge on any atom is -0.475 e. The van der Waals surface area contributed by atoms with Crippen molar-refractivity contribution >= 4 is 17.3 Å². The number of halogens is 2. The average molecular weight is 363 g/mol. The summed E-state index contributed by atoms with van der Waals surface area (Å²) < 4.78 is 35.4. The number of rotatable bonds is 3. The highest BCUT2D eigenvalue weighted by Gasteiger charge is 2.56. The quantitative estimate of drug-likeness (QED) is 0.857. The van der Waals surface area contributed by atoms with E-state index < -0.39 is 17.6 Å². The minimum absolute atomic E-state index is 0.0154. The molecule has 0 aromatic heterocycles. The third-order valence-corrected chi connectivity index (χ3v) is 5.97. The van der Waals surface area contributed by atoms with E-state index in [9.17, 15) is 14.3 Å². The van der Waals surface area contributed by atoms with Crippen LogP contribution < -0.4 is 20.3 Å². The van der Waals surface area contributed by atoms with Gasteiger partial charge in [-0.05, 0) is 25.7 Å². The van der Waals surface area contributed by atoms with Crippen molar-refractivity contribution in [2.75, 3.05) is 22.9 Å². The van der Waals surface area contributed by atoms with Crippen molar-refractivity contribution in [2.24, 2.45) is 11.1 Å². The van der Waals surface area contributed by atoms with Crippen molar-refractivity contribution in [3.05, 3.63) is 29.7 Å². The van der Waals surface area contributed by atoms with Gasteiger partial charge in [0.05, 0.1) is 6.20 Å². The SMILES string of the molecule is NC1CC12CCN(c1c(F)cc3c(c1F)N(C1CC1)C=C(C(=O)O)O3)C2. The molecule has 26 heavy (non-hydrogen) atoms. The Kier molecular flexibility index (Phi) is 3.11. The molecule has 8 heteroatoms. The molecule has 1 aromatic rings. The lowest BCUT2D eigenvalue weighted by Crippen LogP contribution is -2.30. The molecule has 1 aromatic carbocycles. The number of hydrogen-bond donors (Lipinski definition) is 2. The van der Waals surface area contributed by atoms with E-state index in [0.29, 0.717) is 13.1 Å². The second-order valence-corrected chi connectivity index (χ2v) is 7.75. The van der Waals surface area contributed by atoms with Crippen LogP contribution in [-0.2, 0) is 4.79 Å². The van der Waals surface area contributed by atoms with Crippen molar-refractivity contribution in [2.45, 2.75) is 37.8 Å². The number of aliphatic carboxylic acids is 1. The predicted molar refractivity (Wildman–Crippen MR) is 90.1 cm³/mol. The van der Waals surface area contributed by atoms with Crippen molar-refractivity contribution in [3.8, 4) is 5.75 Å². The molecule has 2 atom stereocenters. The molecule has 6 nitrogen and oxygen atoms in total. The number of fused-ring (bicyclic) bond motifs is 1. The van der Waals surface area contributed by atoms with Crippen LogP contribution in [0.3, 0.4) is 0 Å². The molecule has 1 spiro atoms. The van der Waals surface area contributed by atoms with Crippen LogP contribution in [-0.4, -0.2) is 36.2 Å². The zero-order valence-electron chi connectivity index (χ0n) is 14.0. The molecule has 0 bridgehead atoms.